The van der Waals surface area contributed by atoms with Crippen molar-refractivity contribution >= 4 is 11.1 Å². The molecule has 0 bridgehead atoms. The molecule has 1 saturated heterocycles. The first-order chi connectivity index (χ1) is 18.6. The number of likely N-dealkylation sites (tertiary alicyclic amines) is 1. The Morgan fingerprint density at radius 3 is 2.37 bits per heavy atom. The molecule has 1 atom stereocenters. The monoisotopic (exact) mass is 516 g/mol. The third-order valence-electron chi connectivity index (χ3n) is 7.64. The molecule has 5 nitrogen and oxygen atoms in total. The molecule has 1 aliphatic heterocycles. The lowest BCUT2D eigenvalue weighted by Crippen LogP contribution is -2.33. The summed E-state index contributed by atoms with van der Waals surface area (Å²) in [5, 5.41) is 14.1. The molecule has 0 saturated carbocycles. The second-order valence-corrected chi connectivity index (χ2v) is 9.96. The molecular formula is C32H35FNO4. The second-order valence-electron chi connectivity index (χ2n) is 9.96. The number of aryl methyl sites for hydroxylation is 1. The fraction of sp³-hybridized carbons (Fsp3) is 0.375. The largest absolute Gasteiger partial charge is 0.497 e. The fourth-order valence-corrected chi connectivity index (χ4v) is 5.55. The Labute approximate surface area is 224 Å². The van der Waals surface area contributed by atoms with E-state index in [2.05, 4.69) is 4.90 Å². The number of hydrogen-bond donors (Lipinski definition) is 0. The van der Waals surface area contributed by atoms with Crippen molar-refractivity contribution in [2.45, 2.75) is 38.2 Å². The summed E-state index contributed by atoms with van der Waals surface area (Å²) in [5.41, 5.74) is 5.09. The van der Waals surface area contributed by atoms with Gasteiger partial charge in [-0.3, -0.25) is 4.90 Å². The van der Waals surface area contributed by atoms with Crippen molar-refractivity contribution in [3.05, 3.63) is 88.7 Å². The average Bonchev–Trinajstić information content (AvgIpc) is 2.97. The smallest absolute Gasteiger partial charge is 0.165 e. The third kappa shape index (κ3) is 5.71. The van der Waals surface area contributed by atoms with Crippen LogP contribution in [0.1, 0.15) is 54.0 Å². The van der Waals surface area contributed by atoms with Gasteiger partial charge in [-0.05, 0) is 109 Å². The van der Waals surface area contributed by atoms with Gasteiger partial charge in [0.05, 0.1) is 14.2 Å². The molecule has 1 fully saturated rings. The normalized spacial score (nSPS) is 16.6. The van der Waals surface area contributed by atoms with Crippen LogP contribution in [0.4, 0.5) is 4.39 Å². The lowest BCUT2D eigenvalue weighted by atomic mass is 9.79. The van der Waals surface area contributed by atoms with E-state index < -0.39 is 11.9 Å². The Balaban J connectivity index is 1.43. The van der Waals surface area contributed by atoms with Gasteiger partial charge in [-0.25, -0.2) is 9.50 Å². The Hall–Kier alpha value is -3.35. The van der Waals surface area contributed by atoms with Crippen molar-refractivity contribution in [3.8, 4) is 17.2 Å². The summed E-state index contributed by atoms with van der Waals surface area (Å²) in [5.74, 6) is 1.28. The highest BCUT2D eigenvalue weighted by Gasteiger charge is 2.28. The molecule has 1 aliphatic carbocycles. The molecular weight excluding hydrogens is 481 g/mol. The van der Waals surface area contributed by atoms with Gasteiger partial charge >= 0.3 is 0 Å². The zero-order chi connectivity index (χ0) is 26.5. The van der Waals surface area contributed by atoms with Gasteiger partial charge in [0, 0.05) is 6.54 Å². The maximum absolute atomic E-state index is 14.2. The van der Waals surface area contributed by atoms with Gasteiger partial charge in [0.15, 0.2) is 11.6 Å². The van der Waals surface area contributed by atoms with Crippen molar-refractivity contribution in [1.82, 2.24) is 4.90 Å². The summed E-state index contributed by atoms with van der Waals surface area (Å²) in [6, 6.07) is 18.2. The number of fused-ring (bicyclic) bond motifs is 1. The van der Waals surface area contributed by atoms with Gasteiger partial charge < -0.3 is 14.2 Å². The number of methoxy groups -OCH3 is 2. The summed E-state index contributed by atoms with van der Waals surface area (Å²) in [4.78, 5) is 2.44. The van der Waals surface area contributed by atoms with Crippen molar-refractivity contribution in [1.29, 1.82) is 0 Å². The molecule has 38 heavy (non-hydrogen) atoms. The molecule has 0 spiro atoms. The van der Waals surface area contributed by atoms with Gasteiger partial charge in [0.2, 0.25) is 0 Å². The second kappa shape index (κ2) is 12.0. The highest BCUT2D eigenvalue weighted by atomic mass is 19.1. The van der Waals surface area contributed by atoms with Crippen LogP contribution in [-0.4, -0.2) is 45.4 Å². The number of allylic oxidation sites excluding steroid dienone is 1. The van der Waals surface area contributed by atoms with E-state index in [-0.39, 0.29) is 5.75 Å². The molecule has 0 N–H and O–H groups in total. The van der Waals surface area contributed by atoms with Gasteiger partial charge in [0.25, 0.3) is 0 Å². The molecule has 3 aromatic rings. The van der Waals surface area contributed by atoms with Crippen LogP contribution in [-0.2, 0) is 11.5 Å². The van der Waals surface area contributed by atoms with Crippen LogP contribution in [0.5, 0.6) is 17.2 Å². The number of ether oxygens (including phenoxy) is 3. The predicted molar refractivity (Wildman–Crippen MR) is 147 cm³/mol. The zero-order valence-corrected chi connectivity index (χ0v) is 22.2. The van der Waals surface area contributed by atoms with E-state index in [9.17, 15) is 9.50 Å². The van der Waals surface area contributed by atoms with Crippen LogP contribution >= 0.6 is 0 Å². The van der Waals surface area contributed by atoms with Crippen LogP contribution in [0.2, 0.25) is 0 Å². The van der Waals surface area contributed by atoms with Crippen molar-refractivity contribution in [3.63, 3.8) is 0 Å². The topological polar surface area (TPSA) is 50.8 Å². The number of benzene rings is 3. The van der Waals surface area contributed by atoms with E-state index in [1.165, 1.54) is 32.4 Å². The highest BCUT2D eigenvalue weighted by Crippen LogP contribution is 2.45. The van der Waals surface area contributed by atoms with E-state index in [1.54, 1.807) is 19.2 Å². The standard InChI is InChI=1S/C32H35FNO4/c1-36-26-12-14-28-23(20-26)8-13-27(24-9-15-29(33)30(21-24)37-2)31(28)32(35)22-6-10-25(11-7-22)38-19-18-34-16-4-3-5-17-34/h6-7,9-12,14-15,20-21,32H,3-5,8,13,16-19H2,1-2H3. The van der Waals surface area contributed by atoms with Gasteiger partial charge in [-0.15, -0.1) is 0 Å². The van der Waals surface area contributed by atoms with E-state index in [4.69, 9.17) is 14.2 Å². The minimum Gasteiger partial charge on any atom is -0.497 e. The minimum atomic E-state index is -1.11. The van der Waals surface area contributed by atoms with Crippen LogP contribution < -0.4 is 14.2 Å². The minimum absolute atomic E-state index is 0.170. The summed E-state index contributed by atoms with van der Waals surface area (Å²) in [6.07, 6.45) is 4.16. The first-order valence-corrected chi connectivity index (χ1v) is 13.4. The lowest BCUT2D eigenvalue weighted by Gasteiger charge is -2.27. The molecule has 3 aromatic carbocycles. The molecule has 0 aromatic heterocycles. The maximum atomic E-state index is 14.2. The number of hydrogen-bond acceptors (Lipinski definition) is 4. The number of halogens is 1. The molecule has 1 unspecified atom stereocenters. The van der Waals surface area contributed by atoms with Crippen LogP contribution in [0.25, 0.3) is 11.1 Å². The first-order valence-electron chi connectivity index (χ1n) is 13.4. The zero-order valence-electron chi connectivity index (χ0n) is 22.2. The molecule has 5 rings (SSSR count). The average molecular weight is 517 g/mol. The molecule has 1 heterocycles. The molecule has 0 amide bonds. The maximum Gasteiger partial charge on any atom is 0.165 e. The number of nitrogens with zero attached hydrogens (tertiary/aromatic N) is 1. The Bertz CT molecular complexity index is 1280. The van der Waals surface area contributed by atoms with E-state index in [1.807, 2.05) is 42.5 Å². The summed E-state index contributed by atoms with van der Waals surface area (Å²) in [7, 11) is 3.09. The summed E-state index contributed by atoms with van der Waals surface area (Å²) >= 11 is 0. The molecule has 1 radical (unpaired) electrons. The Morgan fingerprint density at radius 1 is 0.868 bits per heavy atom. The SMILES string of the molecule is COc1ccc2c(c1)CCC(c1ccc(F)c(OC)c1)=C2C([O])c1ccc(OCCN2CCCCC2)cc1. The quantitative estimate of drug-likeness (QED) is 0.316. The lowest BCUT2D eigenvalue weighted by molar-refractivity contribution is 0.139. The van der Waals surface area contributed by atoms with Crippen LogP contribution in [0.15, 0.2) is 60.7 Å². The van der Waals surface area contributed by atoms with Crippen molar-refractivity contribution in [2.75, 3.05) is 40.5 Å². The van der Waals surface area contributed by atoms with Crippen molar-refractivity contribution in [2.24, 2.45) is 0 Å². The molecule has 2 aliphatic rings. The highest BCUT2D eigenvalue weighted by molar-refractivity contribution is 5.95. The van der Waals surface area contributed by atoms with E-state index >= 15 is 0 Å². The van der Waals surface area contributed by atoms with Gasteiger partial charge in [0.1, 0.15) is 24.2 Å². The van der Waals surface area contributed by atoms with Crippen LogP contribution in [0.3, 0.4) is 0 Å². The van der Waals surface area contributed by atoms with Gasteiger partial charge in [-0.2, -0.15) is 0 Å². The van der Waals surface area contributed by atoms with Crippen molar-refractivity contribution < 1.29 is 23.7 Å². The van der Waals surface area contributed by atoms with E-state index in [0.29, 0.717) is 24.2 Å². The summed E-state index contributed by atoms with van der Waals surface area (Å²) in [6.45, 7) is 3.84. The first kappa shape index (κ1) is 26.3. The van der Waals surface area contributed by atoms with Gasteiger partial charge in [-0.1, -0.05) is 30.7 Å². The fourth-order valence-electron chi connectivity index (χ4n) is 5.55. The number of rotatable bonds is 9. The predicted octanol–water partition coefficient (Wildman–Crippen LogP) is 6.74. The third-order valence-corrected chi connectivity index (χ3v) is 7.64. The Morgan fingerprint density at radius 2 is 1.63 bits per heavy atom. The summed E-state index contributed by atoms with van der Waals surface area (Å²) < 4.78 is 30.8. The Kier molecular flexibility index (Phi) is 8.30. The van der Waals surface area contributed by atoms with Crippen LogP contribution in [0, 0.1) is 5.82 Å². The molecule has 199 valence electrons. The number of piperidine rings is 1. The molecule has 6 heteroatoms. The van der Waals surface area contributed by atoms with E-state index in [0.717, 1.165) is 59.8 Å².